The molecular formula is C21H27IN4O3. The lowest BCUT2D eigenvalue weighted by Gasteiger charge is -2.19. The van der Waals surface area contributed by atoms with Gasteiger partial charge in [-0.2, -0.15) is 0 Å². The second kappa shape index (κ2) is 10.9. The van der Waals surface area contributed by atoms with E-state index in [1.165, 1.54) is 7.11 Å². The van der Waals surface area contributed by atoms with Gasteiger partial charge >= 0.3 is 0 Å². The summed E-state index contributed by atoms with van der Waals surface area (Å²) in [5.74, 6) is 1.27. The Hall–Kier alpha value is -2.49. The molecule has 2 aromatic rings. The maximum Gasteiger partial charge on any atom is 0.229 e. The molecular weight excluding hydrogens is 483 g/mol. The summed E-state index contributed by atoms with van der Waals surface area (Å²) in [4.78, 5) is 18.8. The van der Waals surface area contributed by atoms with E-state index in [4.69, 9.17) is 4.74 Å². The minimum atomic E-state index is -0.0187. The largest absolute Gasteiger partial charge is 0.504 e. The molecule has 1 unspecified atom stereocenters. The van der Waals surface area contributed by atoms with Crippen LogP contribution in [0.2, 0.25) is 0 Å². The van der Waals surface area contributed by atoms with Gasteiger partial charge in [-0.1, -0.05) is 24.3 Å². The number of carbonyl (C=O) groups is 1. The molecule has 2 aromatic carbocycles. The molecule has 1 aliphatic rings. The third-order valence-corrected chi connectivity index (χ3v) is 4.54. The minimum Gasteiger partial charge on any atom is -0.504 e. The topological polar surface area (TPSA) is 86.2 Å². The van der Waals surface area contributed by atoms with Crippen LogP contribution in [0, 0.1) is 0 Å². The summed E-state index contributed by atoms with van der Waals surface area (Å²) in [6, 6.07) is 14.9. The van der Waals surface area contributed by atoms with Crippen LogP contribution in [-0.4, -0.2) is 43.2 Å². The monoisotopic (exact) mass is 510 g/mol. The molecule has 7 nitrogen and oxygen atoms in total. The number of nitrogens with one attached hydrogen (secondary N) is 2. The van der Waals surface area contributed by atoms with Gasteiger partial charge in [-0.25, -0.2) is 4.99 Å². The number of benzene rings is 2. The number of hydrogen-bond acceptors (Lipinski definition) is 4. The third-order valence-electron chi connectivity index (χ3n) is 4.54. The number of para-hydroxylation sites is 1. The first-order valence-electron chi connectivity index (χ1n) is 9.37. The molecule has 1 heterocycles. The van der Waals surface area contributed by atoms with Gasteiger partial charge in [0.05, 0.1) is 19.7 Å². The zero-order chi connectivity index (χ0) is 19.9. The standard InChI is InChI=1S/C21H26N4O3.HI/c1-3-22-21(23-13-15-9-10-19(28-2)18(26)11-15)24-16-12-20(27)25(14-16)17-7-5-4-6-8-17;/h4-11,16,26H,3,12-14H2,1-2H3,(H2,22,23,24);1H. The first-order chi connectivity index (χ1) is 13.6. The first-order valence-corrected chi connectivity index (χ1v) is 9.37. The van der Waals surface area contributed by atoms with Crippen LogP contribution >= 0.6 is 24.0 Å². The van der Waals surface area contributed by atoms with Crippen LogP contribution in [0.3, 0.4) is 0 Å². The van der Waals surface area contributed by atoms with Gasteiger partial charge < -0.3 is 25.4 Å². The van der Waals surface area contributed by atoms with Crippen LogP contribution in [0.4, 0.5) is 5.69 Å². The smallest absolute Gasteiger partial charge is 0.229 e. The van der Waals surface area contributed by atoms with E-state index in [-0.39, 0.29) is 41.7 Å². The average molecular weight is 510 g/mol. The summed E-state index contributed by atoms with van der Waals surface area (Å²) in [7, 11) is 1.52. The number of aromatic hydroxyl groups is 1. The van der Waals surface area contributed by atoms with Crippen molar-refractivity contribution in [3.63, 3.8) is 0 Å². The summed E-state index contributed by atoms with van der Waals surface area (Å²) in [5, 5.41) is 16.5. The summed E-state index contributed by atoms with van der Waals surface area (Å²) in [6.45, 7) is 3.70. The first kappa shape index (κ1) is 22.8. The fraction of sp³-hybridized carbons (Fsp3) is 0.333. The van der Waals surface area contributed by atoms with Crippen molar-refractivity contribution in [2.24, 2.45) is 4.99 Å². The number of rotatable bonds is 6. The van der Waals surface area contributed by atoms with Gasteiger partial charge in [-0.3, -0.25) is 4.79 Å². The Labute approximate surface area is 188 Å². The number of phenols is 1. The second-order valence-corrected chi connectivity index (χ2v) is 6.59. The predicted octanol–water partition coefficient (Wildman–Crippen LogP) is 2.88. The number of carbonyl (C=O) groups excluding carboxylic acids is 1. The summed E-state index contributed by atoms with van der Waals surface area (Å²) in [5.41, 5.74) is 1.77. The molecule has 1 aliphatic heterocycles. The van der Waals surface area contributed by atoms with Gasteiger partial charge in [0.2, 0.25) is 5.91 Å². The third kappa shape index (κ3) is 5.99. The van der Waals surface area contributed by atoms with Crippen molar-refractivity contribution in [3.05, 3.63) is 54.1 Å². The molecule has 0 aliphatic carbocycles. The molecule has 1 atom stereocenters. The zero-order valence-corrected chi connectivity index (χ0v) is 18.9. The van der Waals surface area contributed by atoms with Crippen molar-refractivity contribution in [1.82, 2.24) is 10.6 Å². The lowest BCUT2D eigenvalue weighted by molar-refractivity contribution is -0.117. The van der Waals surface area contributed by atoms with Gasteiger partial charge in [-0.05, 0) is 36.8 Å². The van der Waals surface area contributed by atoms with Gasteiger partial charge in [0.25, 0.3) is 0 Å². The van der Waals surface area contributed by atoms with Crippen LogP contribution in [0.5, 0.6) is 11.5 Å². The number of halogens is 1. The van der Waals surface area contributed by atoms with Crippen LogP contribution in [0.1, 0.15) is 18.9 Å². The highest BCUT2D eigenvalue weighted by Crippen LogP contribution is 2.26. The zero-order valence-electron chi connectivity index (χ0n) is 16.6. The van der Waals surface area contributed by atoms with E-state index in [9.17, 15) is 9.90 Å². The fourth-order valence-corrected chi connectivity index (χ4v) is 3.18. The highest BCUT2D eigenvalue weighted by atomic mass is 127. The second-order valence-electron chi connectivity index (χ2n) is 6.59. The van der Waals surface area contributed by atoms with Crippen LogP contribution in [-0.2, 0) is 11.3 Å². The predicted molar refractivity (Wildman–Crippen MR) is 125 cm³/mol. The number of aliphatic imine (C=N–C) groups is 1. The number of hydrogen-bond donors (Lipinski definition) is 3. The van der Waals surface area contributed by atoms with E-state index >= 15 is 0 Å². The van der Waals surface area contributed by atoms with Crippen LogP contribution in [0.25, 0.3) is 0 Å². The number of nitrogens with zero attached hydrogens (tertiary/aromatic N) is 2. The summed E-state index contributed by atoms with van der Waals surface area (Å²) < 4.78 is 5.06. The number of guanidine groups is 1. The van der Waals surface area contributed by atoms with E-state index in [2.05, 4.69) is 15.6 Å². The molecule has 1 fully saturated rings. The molecule has 0 saturated carbocycles. The van der Waals surface area contributed by atoms with E-state index in [1.54, 1.807) is 17.0 Å². The van der Waals surface area contributed by atoms with E-state index in [0.29, 0.717) is 37.8 Å². The van der Waals surface area contributed by atoms with Crippen molar-refractivity contribution >= 4 is 41.5 Å². The molecule has 0 bridgehead atoms. The van der Waals surface area contributed by atoms with Crippen LogP contribution in [0.15, 0.2) is 53.5 Å². The Morgan fingerprint density at radius 2 is 2.03 bits per heavy atom. The Bertz CT molecular complexity index is 845. The minimum absolute atomic E-state index is 0. The van der Waals surface area contributed by atoms with Crippen molar-refractivity contribution in [3.8, 4) is 11.5 Å². The van der Waals surface area contributed by atoms with Gasteiger partial charge in [-0.15, -0.1) is 24.0 Å². The number of ether oxygens (including phenoxy) is 1. The molecule has 0 aromatic heterocycles. The van der Waals surface area contributed by atoms with Crippen molar-refractivity contribution in [2.75, 3.05) is 25.1 Å². The van der Waals surface area contributed by atoms with Crippen molar-refractivity contribution in [2.45, 2.75) is 25.9 Å². The van der Waals surface area contributed by atoms with Crippen molar-refractivity contribution in [1.29, 1.82) is 0 Å². The SMILES string of the molecule is CCNC(=NCc1ccc(OC)c(O)c1)NC1CC(=O)N(c2ccccc2)C1.I. The molecule has 29 heavy (non-hydrogen) atoms. The molecule has 0 spiro atoms. The Kier molecular flexibility index (Phi) is 8.56. The summed E-state index contributed by atoms with van der Waals surface area (Å²) >= 11 is 0. The number of methoxy groups -OCH3 is 1. The highest BCUT2D eigenvalue weighted by Gasteiger charge is 2.31. The van der Waals surface area contributed by atoms with E-state index < -0.39 is 0 Å². The number of anilines is 1. The maximum absolute atomic E-state index is 12.4. The van der Waals surface area contributed by atoms with Gasteiger partial charge in [0.1, 0.15) is 0 Å². The van der Waals surface area contributed by atoms with Crippen LogP contribution < -0.4 is 20.3 Å². The molecule has 8 heteroatoms. The Balaban J connectivity index is 0.00000300. The quantitative estimate of drug-likeness (QED) is 0.316. The molecule has 156 valence electrons. The average Bonchev–Trinajstić information content (AvgIpc) is 3.07. The number of phenolic OH excluding ortho intramolecular Hbond substituents is 1. The van der Waals surface area contributed by atoms with Gasteiger partial charge in [0.15, 0.2) is 17.5 Å². The van der Waals surface area contributed by atoms with Gasteiger partial charge in [0, 0.05) is 25.2 Å². The summed E-state index contributed by atoms with van der Waals surface area (Å²) in [6.07, 6.45) is 0.419. The van der Waals surface area contributed by atoms with E-state index in [1.807, 2.05) is 43.3 Å². The molecule has 3 rings (SSSR count). The lowest BCUT2D eigenvalue weighted by atomic mass is 10.2. The fourth-order valence-electron chi connectivity index (χ4n) is 3.18. The normalized spacial score (nSPS) is 16.3. The van der Waals surface area contributed by atoms with Crippen molar-refractivity contribution < 1.29 is 14.6 Å². The molecule has 3 N–H and O–H groups in total. The molecule has 0 radical (unpaired) electrons. The maximum atomic E-state index is 12.4. The number of amides is 1. The lowest BCUT2D eigenvalue weighted by Crippen LogP contribution is -2.44. The van der Waals surface area contributed by atoms with E-state index in [0.717, 1.165) is 11.3 Å². The Morgan fingerprint density at radius 3 is 2.69 bits per heavy atom. The molecule has 1 amide bonds. The Morgan fingerprint density at radius 1 is 1.28 bits per heavy atom. The molecule has 1 saturated heterocycles. The highest BCUT2D eigenvalue weighted by molar-refractivity contribution is 14.0.